The van der Waals surface area contributed by atoms with E-state index in [-0.39, 0.29) is 11.5 Å². The van der Waals surface area contributed by atoms with Gasteiger partial charge in [-0.2, -0.15) is 4.98 Å². The van der Waals surface area contributed by atoms with E-state index in [9.17, 15) is 13.2 Å². The summed E-state index contributed by atoms with van der Waals surface area (Å²) in [5.74, 6) is -1.04. The van der Waals surface area contributed by atoms with Crippen LogP contribution in [0.5, 0.6) is 5.88 Å². The Kier molecular flexibility index (Phi) is 2.28. The average molecular weight is 208 g/mol. The van der Waals surface area contributed by atoms with Gasteiger partial charge >= 0.3 is 6.36 Å². The molecule has 0 fully saturated rings. The molecule has 0 spiro atoms. The molecular formula is C6H7F3N4O. The van der Waals surface area contributed by atoms with E-state index in [2.05, 4.69) is 9.72 Å². The summed E-state index contributed by atoms with van der Waals surface area (Å²) in [6, 6.07) is 1.14. The third kappa shape index (κ3) is 2.31. The van der Waals surface area contributed by atoms with Crippen LogP contribution in [0.2, 0.25) is 0 Å². The fraction of sp³-hybridized carbons (Fsp3) is 0.167. The summed E-state index contributed by atoms with van der Waals surface area (Å²) in [5, 5.41) is 0. The quantitative estimate of drug-likeness (QED) is 0.631. The first-order chi connectivity index (χ1) is 6.29. The zero-order valence-electron chi connectivity index (χ0n) is 6.80. The molecule has 0 amide bonds. The van der Waals surface area contributed by atoms with Gasteiger partial charge in [-0.15, -0.1) is 13.2 Å². The first-order valence-corrected chi connectivity index (χ1v) is 3.37. The maximum atomic E-state index is 11.8. The molecule has 78 valence electrons. The van der Waals surface area contributed by atoms with Crippen molar-refractivity contribution in [2.24, 2.45) is 0 Å². The van der Waals surface area contributed by atoms with E-state index in [1.807, 2.05) is 0 Å². The number of pyridine rings is 1. The topological polar surface area (TPSA) is 100 Å². The van der Waals surface area contributed by atoms with Gasteiger partial charge in [0.15, 0.2) is 0 Å². The molecule has 0 saturated heterocycles. The van der Waals surface area contributed by atoms with Gasteiger partial charge in [0, 0.05) is 6.07 Å². The Morgan fingerprint density at radius 2 is 1.79 bits per heavy atom. The highest BCUT2D eigenvalue weighted by Crippen LogP contribution is 2.31. The van der Waals surface area contributed by atoms with Gasteiger partial charge in [0.1, 0.15) is 11.5 Å². The van der Waals surface area contributed by atoms with E-state index < -0.39 is 17.9 Å². The SMILES string of the molecule is Nc1cc(N)c(N)c(OC(F)(F)F)n1. The fourth-order valence-electron chi connectivity index (χ4n) is 0.758. The summed E-state index contributed by atoms with van der Waals surface area (Å²) < 4.78 is 38.9. The lowest BCUT2D eigenvalue weighted by molar-refractivity contribution is -0.275. The van der Waals surface area contributed by atoms with Gasteiger partial charge in [-0.05, 0) is 0 Å². The molecule has 0 aliphatic heterocycles. The van der Waals surface area contributed by atoms with Gasteiger partial charge in [-0.25, -0.2) is 0 Å². The lowest BCUT2D eigenvalue weighted by Crippen LogP contribution is -2.19. The van der Waals surface area contributed by atoms with Gasteiger partial charge in [-0.1, -0.05) is 0 Å². The molecule has 14 heavy (non-hydrogen) atoms. The van der Waals surface area contributed by atoms with Crippen LogP contribution in [0.25, 0.3) is 0 Å². The number of alkyl halides is 3. The van der Waals surface area contributed by atoms with Crippen LogP contribution in [0.4, 0.5) is 30.4 Å². The van der Waals surface area contributed by atoms with Crippen LogP contribution in [0.15, 0.2) is 6.07 Å². The minimum atomic E-state index is -4.87. The summed E-state index contributed by atoms with van der Waals surface area (Å²) >= 11 is 0. The van der Waals surface area contributed by atoms with Crippen LogP contribution in [-0.2, 0) is 0 Å². The molecular weight excluding hydrogens is 201 g/mol. The molecule has 0 atom stereocenters. The van der Waals surface area contributed by atoms with E-state index in [4.69, 9.17) is 17.2 Å². The number of nitrogens with two attached hydrogens (primary N) is 3. The van der Waals surface area contributed by atoms with E-state index in [1.54, 1.807) is 0 Å². The van der Waals surface area contributed by atoms with Crippen molar-refractivity contribution in [1.82, 2.24) is 4.98 Å². The summed E-state index contributed by atoms with van der Waals surface area (Å²) in [6.45, 7) is 0. The average Bonchev–Trinajstić information content (AvgIpc) is 1.96. The predicted molar refractivity (Wildman–Crippen MR) is 44.2 cm³/mol. The molecule has 1 aromatic heterocycles. The molecule has 0 bridgehead atoms. The van der Waals surface area contributed by atoms with E-state index in [1.165, 1.54) is 0 Å². The van der Waals surface area contributed by atoms with Crippen LogP contribution in [-0.4, -0.2) is 11.3 Å². The summed E-state index contributed by atoms with van der Waals surface area (Å²) in [6.07, 6.45) is -4.87. The van der Waals surface area contributed by atoms with Crippen LogP contribution in [0.3, 0.4) is 0 Å². The van der Waals surface area contributed by atoms with E-state index in [0.29, 0.717) is 0 Å². The number of ether oxygens (including phenoxy) is 1. The number of anilines is 3. The van der Waals surface area contributed by atoms with Crippen LogP contribution in [0.1, 0.15) is 0 Å². The maximum Gasteiger partial charge on any atom is 0.574 e. The van der Waals surface area contributed by atoms with Crippen LogP contribution >= 0.6 is 0 Å². The zero-order valence-corrected chi connectivity index (χ0v) is 6.80. The molecule has 8 heteroatoms. The molecule has 6 N–H and O–H groups in total. The molecule has 5 nitrogen and oxygen atoms in total. The Balaban J connectivity index is 3.09. The van der Waals surface area contributed by atoms with Crippen molar-refractivity contribution in [2.45, 2.75) is 6.36 Å². The Labute approximate surface area is 76.6 Å². The molecule has 1 rings (SSSR count). The minimum Gasteiger partial charge on any atom is -0.397 e. The van der Waals surface area contributed by atoms with Gasteiger partial charge < -0.3 is 21.9 Å². The number of nitrogens with zero attached hydrogens (tertiary/aromatic N) is 1. The number of aromatic nitrogens is 1. The van der Waals surface area contributed by atoms with Gasteiger partial charge in [0.05, 0.1) is 5.69 Å². The summed E-state index contributed by atoms with van der Waals surface area (Å²) in [5.41, 5.74) is 15.1. The first-order valence-electron chi connectivity index (χ1n) is 3.37. The summed E-state index contributed by atoms with van der Waals surface area (Å²) in [7, 11) is 0. The van der Waals surface area contributed by atoms with E-state index in [0.717, 1.165) is 6.07 Å². The molecule has 0 saturated carbocycles. The van der Waals surface area contributed by atoms with Gasteiger partial charge in [-0.3, -0.25) is 0 Å². The normalized spacial score (nSPS) is 11.4. The molecule has 0 aromatic carbocycles. The lowest BCUT2D eigenvalue weighted by Gasteiger charge is -2.11. The molecule has 0 aliphatic rings. The number of nitrogen functional groups attached to an aromatic ring is 3. The molecule has 0 aliphatic carbocycles. The van der Waals surface area contributed by atoms with Crippen LogP contribution in [0, 0.1) is 0 Å². The Bertz CT molecular complexity index is 352. The smallest absolute Gasteiger partial charge is 0.397 e. The number of hydrogen-bond donors (Lipinski definition) is 3. The van der Waals surface area contributed by atoms with Crippen LogP contribution < -0.4 is 21.9 Å². The molecule has 0 unspecified atom stereocenters. The van der Waals surface area contributed by atoms with Crippen molar-refractivity contribution < 1.29 is 17.9 Å². The monoisotopic (exact) mass is 208 g/mol. The maximum absolute atomic E-state index is 11.8. The first kappa shape index (κ1) is 10.2. The highest BCUT2D eigenvalue weighted by atomic mass is 19.4. The third-order valence-corrected chi connectivity index (χ3v) is 1.29. The number of hydrogen-bond acceptors (Lipinski definition) is 5. The van der Waals surface area contributed by atoms with E-state index >= 15 is 0 Å². The zero-order chi connectivity index (χ0) is 10.9. The second-order valence-corrected chi connectivity index (χ2v) is 2.40. The highest BCUT2D eigenvalue weighted by molar-refractivity contribution is 5.71. The Morgan fingerprint density at radius 1 is 1.21 bits per heavy atom. The fourth-order valence-corrected chi connectivity index (χ4v) is 0.758. The largest absolute Gasteiger partial charge is 0.574 e. The van der Waals surface area contributed by atoms with Crippen molar-refractivity contribution >= 4 is 17.2 Å². The second-order valence-electron chi connectivity index (χ2n) is 2.40. The third-order valence-electron chi connectivity index (χ3n) is 1.29. The van der Waals surface area contributed by atoms with Crippen molar-refractivity contribution in [3.8, 4) is 5.88 Å². The number of rotatable bonds is 1. The van der Waals surface area contributed by atoms with Gasteiger partial charge in [0.25, 0.3) is 0 Å². The van der Waals surface area contributed by atoms with Crippen molar-refractivity contribution in [3.63, 3.8) is 0 Å². The lowest BCUT2D eigenvalue weighted by atomic mass is 10.3. The molecule has 1 heterocycles. The van der Waals surface area contributed by atoms with Crippen molar-refractivity contribution in [1.29, 1.82) is 0 Å². The Hall–Kier alpha value is -1.86. The number of halogens is 3. The molecule has 0 radical (unpaired) electrons. The minimum absolute atomic E-state index is 0.114. The second kappa shape index (κ2) is 3.13. The standard InChI is InChI=1S/C6H7F3N4O/c7-6(8,9)14-5-4(12)2(10)1-3(11)13-5/h1H,12H2,(H4,10,11,13). The van der Waals surface area contributed by atoms with Gasteiger partial charge in [0.2, 0.25) is 5.88 Å². The molecule has 1 aromatic rings. The summed E-state index contributed by atoms with van der Waals surface area (Å²) in [4.78, 5) is 3.25. The van der Waals surface area contributed by atoms with Crippen molar-refractivity contribution in [2.75, 3.05) is 17.2 Å². The predicted octanol–water partition coefficient (Wildman–Crippen LogP) is 0.727. The Morgan fingerprint density at radius 3 is 2.29 bits per heavy atom. The highest BCUT2D eigenvalue weighted by Gasteiger charge is 2.33. The van der Waals surface area contributed by atoms with Crippen molar-refractivity contribution in [3.05, 3.63) is 6.07 Å².